The van der Waals surface area contributed by atoms with Gasteiger partial charge in [-0.15, -0.1) is 23.4 Å². The van der Waals surface area contributed by atoms with E-state index in [9.17, 15) is 18.4 Å². The molecule has 0 spiro atoms. The topological polar surface area (TPSA) is 163 Å². The molecule has 3 atom stereocenters. The first-order valence-corrected chi connectivity index (χ1v) is 17.4. The summed E-state index contributed by atoms with van der Waals surface area (Å²) in [6.45, 7) is 7.76. The van der Waals surface area contributed by atoms with Gasteiger partial charge in [-0.2, -0.15) is 5.26 Å². The summed E-state index contributed by atoms with van der Waals surface area (Å²) in [4.78, 5) is 11.5. The Morgan fingerprint density at radius 3 is 2.44 bits per heavy atom. The van der Waals surface area contributed by atoms with Crippen LogP contribution in [0.2, 0.25) is 0 Å². The smallest absolute Gasteiger partial charge is 0.487 e. The van der Waals surface area contributed by atoms with Gasteiger partial charge in [0.15, 0.2) is 0 Å². The molecule has 0 bridgehead atoms. The first kappa shape index (κ1) is 36.9. The van der Waals surface area contributed by atoms with Gasteiger partial charge in [-0.25, -0.2) is 14.6 Å². The van der Waals surface area contributed by atoms with Crippen molar-refractivity contribution in [2.75, 3.05) is 31.6 Å². The van der Waals surface area contributed by atoms with E-state index >= 15 is 0 Å². The van der Waals surface area contributed by atoms with Gasteiger partial charge in [0, 0.05) is 43.5 Å². The van der Waals surface area contributed by atoms with Crippen molar-refractivity contribution < 1.29 is 32.1 Å². The number of tetrazole rings is 1. The summed E-state index contributed by atoms with van der Waals surface area (Å²) < 4.78 is 62.6. The zero-order valence-electron chi connectivity index (χ0n) is 29.2. The zero-order chi connectivity index (χ0) is 36.7. The first-order valence-electron chi connectivity index (χ1n) is 17.4. The predicted molar refractivity (Wildman–Crippen MR) is 181 cm³/mol. The van der Waals surface area contributed by atoms with E-state index in [0.29, 0.717) is 35.2 Å². The molecule has 1 aromatic carbocycles. The van der Waals surface area contributed by atoms with Crippen LogP contribution in [-0.2, 0) is 16.0 Å². The predicted octanol–water partition coefficient (Wildman–Crippen LogP) is 5.31. The highest BCUT2D eigenvalue weighted by Crippen LogP contribution is 2.36. The van der Waals surface area contributed by atoms with Crippen LogP contribution < -0.4 is 14.8 Å². The first-order chi connectivity index (χ1) is 25.0. The van der Waals surface area contributed by atoms with Crippen LogP contribution in [0.1, 0.15) is 64.5 Å². The van der Waals surface area contributed by atoms with E-state index in [1.807, 2.05) is 17.8 Å². The number of anilines is 2. The summed E-state index contributed by atoms with van der Waals surface area (Å²) in [5, 5.41) is 28.6. The number of benzene rings is 1. The fourth-order valence-corrected chi connectivity index (χ4v) is 6.71. The quantitative estimate of drug-likeness (QED) is 0.167. The van der Waals surface area contributed by atoms with Gasteiger partial charge < -0.3 is 19.5 Å². The molecule has 18 heteroatoms. The average Bonchev–Trinajstić information content (AvgIpc) is 3.77. The highest BCUT2D eigenvalue weighted by molar-refractivity contribution is 5.67. The SMILES string of the molecule is CC(Cn1cnnn1)Oc1cc(-c2cnc(Nc3cn(C4CCC(N5C[C@@H](C)O[C@@H](C)C5)CC4)nc3OCCCOC(F)(F)F)nc2)ccc1C#N. The van der Waals surface area contributed by atoms with E-state index < -0.39 is 13.0 Å². The number of rotatable bonds is 14. The molecule has 52 heavy (non-hydrogen) atoms. The third-order valence-electron chi connectivity index (χ3n) is 8.99. The molecule has 4 heterocycles. The lowest BCUT2D eigenvalue weighted by molar-refractivity contribution is -0.324. The van der Waals surface area contributed by atoms with Gasteiger partial charge in [-0.05, 0) is 74.6 Å². The summed E-state index contributed by atoms with van der Waals surface area (Å²) in [6.07, 6.45) is 5.88. The molecule has 2 fully saturated rings. The van der Waals surface area contributed by atoms with Crippen LogP contribution in [-0.4, -0.2) is 102 Å². The van der Waals surface area contributed by atoms with Gasteiger partial charge in [0.2, 0.25) is 5.95 Å². The summed E-state index contributed by atoms with van der Waals surface area (Å²) in [7, 11) is 0. The Morgan fingerprint density at radius 1 is 1.04 bits per heavy atom. The van der Waals surface area contributed by atoms with Crippen molar-refractivity contribution in [3.63, 3.8) is 0 Å². The number of hydrogen-bond donors (Lipinski definition) is 1. The number of hydrogen-bond acceptors (Lipinski definition) is 13. The largest absolute Gasteiger partial charge is 0.522 e. The van der Waals surface area contributed by atoms with Crippen LogP contribution in [0.5, 0.6) is 11.6 Å². The average molecular weight is 726 g/mol. The van der Waals surface area contributed by atoms with Gasteiger partial charge in [0.25, 0.3) is 5.88 Å². The molecule has 4 aromatic rings. The standard InChI is InChI=1S/C34H42F3N11O4/c1-22-17-46(18-23(2)51-22)28-7-9-29(10-8-28)48-20-30(32(43-48)49-11-4-12-50-34(35,36)37)42-33-39-15-27(16-40-33)25-5-6-26(14-38)31(13-25)52-24(3)19-47-21-41-44-45-47/h5-6,13,15-16,20-24,28-29H,4,7-12,17-19H2,1-3H3,(H,39,40,42)/t22-,23+,24?,28?,29?. The Labute approximate surface area is 299 Å². The lowest BCUT2D eigenvalue weighted by Gasteiger charge is -2.42. The van der Waals surface area contributed by atoms with Crippen LogP contribution in [0.25, 0.3) is 11.1 Å². The molecule has 3 aromatic heterocycles. The van der Waals surface area contributed by atoms with E-state index in [-0.39, 0.29) is 49.2 Å². The fourth-order valence-electron chi connectivity index (χ4n) is 6.71. The van der Waals surface area contributed by atoms with Crippen molar-refractivity contribution in [2.45, 2.75) is 96.2 Å². The third-order valence-corrected chi connectivity index (χ3v) is 8.99. The summed E-state index contributed by atoms with van der Waals surface area (Å²) in [5.74, 6) is 0.913. The second kappa shape index (κ2) is 16.7. The molecular weight excluding hydrogens is 683 g/mol. The summed E-state index contributed by atoms with van der Waals surface area (Å²) >= 11 is 0. The van der Waals surface area contributed by atoms with E-state index in [1.54, 1.807) is 35.3 Å². The number of alkyl halides is 3. The maximum Gasteiger partial charge on any atom is 0.522 e. The Kier molecular flexibility index (Phi) is 11.8. The van der Waals surface area contributed by atoms with E-state index in [4.69, 9.17) is 19.3 Å². The summed E-state index contributed by atoms with van der Waals surface area (Å²) in [5.41, 5.74) is 2.29. The highest BCUT2D eigenvalue weighted by atomic mass is 19.4. The Morgan fingerprint density at radius 2 is 1.77 bits per heavy atom. The van der Waals surface area contributed by atoms with E-state index in [2.05, 4.69) is 60.4 Å². The van der Waals surface area contributed by atoms with Crippen LogP contribution in [0.4, 0.5) is 24.8 Å². The molecular formula is C34H42F3N11O4. The maximum atomic E-state index is 12.5. The Hall–Kier alpha value is -4.86. The number of nitrogens with zero attached hydrogens (tertiary/aromatic N) is 10. The van der Waals surface area contributed by atoms with Crippen LogP contribution in [0.15, 0.2) is 43.1 Å². The molecule has 1 aliphatic heterocycles. The lowest BCUT2D eigenvalue weighted by Crippen LogP contribution is -2.51. The number of halogens is 3. The number of nitrogens with one attached hydrogen (secondary N) is 1. The highest BCUT2D eigenvalue weighted by Gasteiger charge is 2.32. The Balaban J connectivity index is 1.13. The van der Waals surface area contributed by atoms with Crippen molar-refractivity contribution in [1.82, 2.24) is 44.9 Å². The molecule has 0 amide bonds. The van der Waals surface area contributed by atoms with Crippen molar-refractivity contribution in [3.8, 4) is 28.8 Å². The zero-order valence-corrected chi connectivity index (χ0v) is 29.2. The van der Waals surface area contributed by atoms with Crippen LogP contribution in [0.3, 0.4) is 0 Å². The minimum absolute atomic E-state index is 0.0191. The summed E-state index contributed by atoms with van der Waals surface area (Å²) in [6, 6.07) is 7.99. The molecule has 2 aliphatic rings. The monoisotopic (exact) mass is 725 g/mol. The molecule has 278 valence electrons. The maximum absolute atomic E-state index is 12.5. The molecule has 1 unspecified atom stereocenters. The minimum Gasteiger partial charge on any atom is -0.487 e. The third kappa shape index (κ3) is 9.92. The van der Waals surface area contributed by atoms with Gasteiger partial charge in [-0.1, -0.05) is 6.07 Å². The molecule has 0 radical (unpaired) electrons. The molecule has 15 nitrogen and oxygen atoms in total. The van der Waals surface area contributed by atoms with Crippen LogP contribution >= 0.6 is 0 Å². The second-order valence-electron chi connectivity index (χ2n) is 13.2. The lowest BCUT2D eigenvalue weighted by atomic mass is 9.89. The second-order valence-corrected chi connectivity index (χ2v) is 13.2. The normalized spacial score (nSPS) is 21.7. The van der Waals surface area contributed by atoms with Crippen molar-refractivity contribution in [3.05, 3.63) is 48.7 Å². The van der Waals surface area contributed by atoms with Gasteiger partial charge in [-0.3, -0.25) is 14.3 Å². The van der Waals surface area contributed by atoms with Crippen molar-refractivity contribution in [1.29, 1.82) is 5.26 Å². The van der Waals surface area contributed by atoms with E-state index in [0.717, 1.165) is 44.3 Å². The van der Waals surface area contributed by atoms with Crippen LogP contribution in [0, 0.1) is 11.3 Å². The molecule has 1 saturated carbocycles. The van der Waals surface area contributed by atoms with Gasteiger partial charge in [0.05, 0.1) is 49.8 Å². The Bertz CT molecular complexity index is 1760. The fraction of sp³-hybridized carbons (Fsp3) is 0.559. The molecule has 1 aliphatic carbocycles. The van der Waals surface area contributed by atoms with Crippen molar-refractivity contribution >= 4 is 11.6 Å². The minimum atomic E-state index is -4.70. The molecule has 1 N–H and O–H groups in total. The van der Waals surface area contributed by atoms with E-state index in [1.165, 1.54) is 6.33 Å². The van der Waals surface area contributed by atoms with Crippen molar-refractivity contribution in [2.24, 2.45) is 0 Å². The number of nitriles is 1. The molecule has 1 saturated heterocycles. The number of aromatic nitrogens is 8. The number of ether oxygens (including phenoxy) is 4. The van der Waals surface area contributed by atoms with Gasteiger partial charge in [0.1, 0.15) is 29.9 Å². The van der Waals surface area contributed by atoms with Gasteiger partial charge >= 0.3 is 6.36 Å². The molecule has 6 rings (SSSR count). The number of morpholine rings is 1.